The van der Waals surface area contributed by atoms with E-state index in [9.17, 15) is 4.79 Å². The van der Waals surface area contributed by atoms with E-state index in [0.717, 1.165) is 46.3 Å². The van der Waals surface area contributed by atoms with Crippen molar-refractivity contribution < 1.29 is 18.8 Å². The van der Waals surface area contributed by atoms with Gasteiger partial charge in [0.15, 0.2) is 17.5 Å². The molecule has 1 N–H and O–H groups in total. The molecule has 8 unspecified atom stereocenters. The molecule has 1 amide bonds. The number of likely N-dealkylation sites (tertiary alicyclic amines) is 1. The number of rotatable bonds is 6. The zero-order valence-corrected chi connectivity index (χ0v) is 29.3. The van der Waals surface area contributed by atoms with Gasteiger partial charge in [-0.05, 0) is 83.9 Å². The van der Waals surface area contributed by atoms with E-state index < -0.39 is 6.04 Å². The number of benzene rings is 1. The maximum absolute atomic E-state index is 14.0. The van der Waals surface area contributed by atoms with Gasteiger partial charge in [-0.1, -0.05) is 30.2 Å². The number of thiophene rings is 1. The van der Waals surface area contributed by atoms with Crippen LogP contribution in [0.1, 0.15) is 98.6 Å². The fourth-order valence-electron chi connectivity index (χ4n) is 8.90. The molecular formula is C35H44ClN6O3S+. The minimum Gasteiger partial charge on any atom is -0.353 e. The Morgan fingerprint density at radius 2 is 1.98 bits per heavy atom. The summed E-state index contributed by atoms with van der Waals surface area (Å²) in [6, 6.07) is 8.13. The number of amides is 1. The van der Waals surface area contributed by atoms with Crippen LogP contribution in [0.5, 0.6) is 0 Å². The number of fused-ring (bicyclic) bond motifs is 3. The lowest BCUT2D eigenvalue weighted by atomic mass is 9.81. The molecule has 244 valence electrons. The Kier molecular flexibility index (Phi) is 7.13. The lowest BCUT2D eigenvalue weighted by Gasteiger charge is -2.23. The van der Waals surface area contributed by atoms with Crippen molar-refractivity contribution >= 4 is 34.6 Å². The van der Waals surface area contributed by atoms with Crippen LogP contribution >= 0.6 is 22.9 Å². The lowest BCUT2D eigenvalue weighted by molar-refractivity contribution is -0.609. The summed E-state index contributed by atoms with van der Waals surface area (Å²) in [6.45, 7) is 12.6. The second-order valence-electron chi connectivity index (χ2n) is 14.9. The van der Waals surface area contributed by atoms with E-state index in [0.29, 0.717) is 17.0 Å². The number of nitrogens with one attached hydrogen (secondary N) is 1. The number of aryl methyl sites for hydroxylation is 3. The monoisotopic (exact) mass is 663 g/mol. The largest absolute Gasteiger partial charge is 0.353 e. The summed E-state index contributed by atoms with van der Waals surface area (Å²) >= 11 is 8.04. The average Bonchev–Trinajstić information content (AvgIpc) is 3.75. The van der Waals surface area contributed by atoms with Crippen molar-refractivity contribution in [3.05, 3.63) is 62.5 Å². The van der Waals surface area contributed by atoms with Crippen LogP contribution in [0.4, 0.5) is 0 Å². The number of halogens is 1. The second kappa shape index (κ2) is 10.7. The topological polar surface area (TPSA) is 87.9 Å². The quantitative estimate of drug-likeness (QED) is 0.273. The molecule has 2 aromatic heterocycles. The fraction of sp³-hybridized carbons (Fsp3) is 0.600. The third-order valence-corrected chi connectivity index (χ3v) is 12.3. The first-order chi connectivity index (χ1) is 21.9. The third-order valence-electron chi connectivity index (χ3n) is 10.8. The van der Waals surface area contributed by atoms with E-state index in [-0.39, 0.29) is 42.0 Å². The number of aromatic nitrogens is 3. The number of hydrogen-bond acceptors (Lipinski definition) is 7. The van der Waals surface area contributed by atoms with Gasteiger partial charge in [0.25, 0.3) is 11.6 Å². The van der Waals surface area contributed by atoms with Crippen molar-refractivity contribution in [3.63, 3.8) is 0 Å². The molecule has 8 atom stereocenters. The van der Waals surface area contributed by atoms with Crippen LogP contribution in [-0.4, -0.2) is 62.0 Å². The summed E-state index contributed by atoms with van der Waals surface area (Å²) < 4.78 is 16.3. The van der Waals surface area contributed by atoms with Crippen molar-refractivity contribution in [3.8, 4) is 5.00 Å². The second-order valence-corrected chi connectivity index (χ2v) is 16.5. The van der Waals surface area contributed by atoms with Crippen molar-refractivity contribution in [2.24, 2.45) is 18.0 Å². The molecule has 3 aromatic rings. The van der Waals surface area contributed by atoms with Gasteiger partial charge in [0.05, 0.1) is 30.3 Å². The van der Waals surface area contributed by atoms with Crippen molar-refractivity contribution in [2.45, 2.75) is 122 Å². The zero-order valence-electron chi connectivity index (χ0n) is 27.8. The van der Waals surface area contributed by atoms with Gasteiger partial charge in [-0.15, -0.1) is 16.0 Å². The molecule has 11 heteroatoms. The molecule has 5 heterocycles. The molecule has 4 fully saturated rings. The van der Waals surface area contributed by atoms with Crippen LogP contribution in [0.3, 0.4) is 0 Å². The lowest BCUT2D eigenvalue weighted by Crippen LogP contribution is -2.39. The standard InChI is InChI=1S/C35H43ClN6O3S/c1-18-19(2)46-32-28(18)29(21-11-13-23(36)14-12-21)38-25(30-40(7)39-20(3)41(30)32)16-27(43)37-24-15-22-9-8-10-26-35(22,17-24)42(26)31-33(44-31)45-34(4,5)6/h11-14,22,24-26,31,33H,8-10,15-17H2,1-7H3/p+1. The number of epoxide rings is 1. The summed E-state index contributed by atoms with van der Waals surface area (Å²) in [5, 5.41) is 10.1. The minimum atomic E-state index is -0.404. The molecule has 9 nitrogen and oxygen atoms in total. The Hall–Kier alpha value is -2.63. The highest BCUT2D eigenvalue weighted by Gasteiger charge is 2.76. The van der Waals surface area contributed by atoms with Crippen LogP contribution in [0.15, 0.2) is 29.3 Å². The Morgan fingerprint density at radius 3 is 2.72 bits per heavy atom. The van der Waals surface area contributed by atoms with E-state index in [1.807, 2.05) is 42.9 Å². The van der Waals surface area contributed by atoms with Gasteiger partial charge in [0.2, 0.25) is 5.91 Å². The van der Waals surface area contributed by atoms with Crippen LogP contribution in [0.2, 0.25) is 5.02 Å². The van der Waals surface area contributed by atoms with Gasteiger partial charge in [-0.25, -0.2) is 0 Å². The SMILES string of the molecule is Cc1sc2c(c1C)C(c1ccc(Cl)cc1)=NC(CC(=O)NC1CC3CCCC4N(C5OC5OC(C)(C)C)C34C1)c1n(C)nc(C)[n+]1-2. The highest BCUT2D eigenvalue weighted by molar-refractivity contribution is 7.14. The average molecular weight is 664 g/mol. The molecule has 1 spiro atoms. The molecule has 1 aromatic carbocycles. The van der Waals surface area contributed by atoms with Crippen molar-refractivity contribution in [1.82, 2.24) is 20.0 Å². The summed E-state index contributed by atoms with van der Waals surface area (Å²) in [7, 11) is 1.96. The summed E-state index contributed by atoms with van der Waals surface area (Å²) in [4.78, 5) is 23.2. The smallest absolute Gasteiger partial charge is 0.280 e. The molecule has 2 aliphatic carbocycles. The van der Waals surface area contributed by atoms with Crippen molar-refractivity contribution in [2.75, 3.05) is 0 Å². The van der Waals surface area contributed by atoms with Crippen LogP contribution < -0.4 is 9.88 Å². The summed E-state index contributed by atoms with van der Waals surface area (Å²) in [6.07, 6.45) is 5.78. The number of hydrogen-bond donors (Lipinski definition) is 1. The van der Waals surface area contributed by atoms with Gasteiger partial charge in [0, 0.05) is 45.1 Å². The Labute approximate surface area is 279 Å². The molecule has 3 aliphatic heterocycles. The predicted molar refractivity (Wildman–Crippen MR) is 178 cm³/mol. The van der Waals surface area contributed by atoms with Gasteiger partial charge < -0.3 is 14.8 Å². The van der Waals surface area contributed by atoms with E-state index in [1.54, 1.807) is 11.3 Å². The van der Waals surface area contributed by atoms with E-state index in [1.165, 1.54) is 29.7 Å². The molecule has 0 bridgehead atoms. The first kappa shape index (κ1) is 30.7. The summed E-state index contributed by atoms with van der Waals surface area (Å²) in [5.41, 5.74) is 4.09. The van der Waals surface area contributed by atoms with Crippen LogP contribution in [-0.2, 0) is 21.3 Å². The van der Waals surface area contributed by atoms with Crippen LogP contribution in [0.25, 0.3) is 5.00 Å². The Balaban J connectivity index is 1.06. The number of carbonyl (C=O) groups excluding carboxylic acids is 1. The molecule has 0 radical (unpaired) electrons. The van der Waals surface area contributed by atoms with E-state index >= 15 is 0 Å². The first-order valence-corrected chi connectivity index (χ1v) is 17.9. The van der Waals surface area contributed by atoms with Gasteiger partial charge in [0.1, 0.15) is 6.04 Å². The van der Waals surface area contributed by atoms with E-state index in [4.69, 9.17) is 31.2 Å². The third kappa shape index (κ3) is 4.89. The molecule has 46 heavy (non-hydrogen) atoms. The summed E-state index contributed by atoms with van der Waals surface area (Å²) in [5.74, 6) is 2.41. The fourth-order valence-corrected chi connectivity index (χ4v) is 10.2. The number of ether oxygens (including phenoxy) is 2. The Bertz CT molecular complexity index is 1760. The highest BCUT2D eigenvalue weighted by Crippen LogP contribution is 2.65. The highest BCUT2D eigenvalue weighted by atomic mass is 35.5. The molecular weight excluding hydrogens is 620 g/mol. The molecule has 2 saturated carbocycles. The molecule has 5 aliphatic rings. The van der Waals surface area contributed by atoms with Crippen molar-refractivity contribution in [1.29, 1.82) is 0 Å². The number of carbonyl (C=O) groups is 1. The minimum absolute atomic E-state index is 0.0353. The van der Waals surface area contributed by atoms with Gasteiger partial charge in [-0.3, -0.25) is 14.7 Å². The normalized spacial score (nSPS) is 32.5. The zero-order chi connectivity index (χ0) is 32.3. The first-order valence-electron chi connectivity index (χ1n) is 16.7. The van der Waals surface area contributed by atoms with Crippen LogP contribution in [0, 0.1) is 26.7 Å². The maximum Gasteiger partial charge on any atom is 0.280 e. The predicted octanol–water partition coefficient (Wildman–Crippen LogP) is 5.62. The number of nitrogens with zero attached hydrogens (tertiary/aromatic N) is 5. The van der Waals surface area contributed by atoms with Gasteiger partial charge in [-0.2, -0.15) is 4.57 Å². The molecule has 2 saturated heterocycles. The maximum atomic E-state index is 14.0. The van der Waals surface area contributed by atoms with E-state index in [2.05, 4.69) is 49.4 Å². The van der Waals surface area contributed by atoms with Gasteiger partial charge >= 0.3 is 0 Å². The molecule has 8 rings (SSSR count). The number of aliphatic imine (C=N–C) groups is 1. The Morgan fingerprint density at radius 1 is 1.22 bits per heavy atom.